The summed E-state index contributed by atoms with van der Waals surface area (Å²) in [6.45, 7) is 4.68. The fourth-order valence-electron chi connectivity index (χ4n) is 4.67. The van der Waals surface area contributed by atoms with E-state index in [0.29, 0.717) is 42.4 Å². The number of halogens is 1. The summed E-state index contributed by atoms with van der Waals surface area (Å²) in [4.78, 5) is 38.4. The van der Waals surface area contributed by atoms with Crippen molar-refractivity contribution in [2.45, 2.75) is 56.8 Å². The highest BCUT2D eigenvalue weighted by molar-refractivity contribution is 7.99. The molecule has 2 amide bonds. The van der Waals surface area contributed by atoms with Crippen LogP contribution in [0.25, 0.3) is 0 Å². The first-order chi connectivity index (χ1) is 16.5. The third-order valence-electron chi connectivity index (χ3n) is 6.51. The molecule has 2 aliphatic rings. The van der Waals surface area contributed by atoms with Crippen LogP contribution >= 0.6 is 23.4 Å². The molecule has 1 aromatic carbocycles. The van der Waals surface area contributed by atoms with E-state index >= 15 is 0 Å². The second kappa shape index (κ2) is 11.9. The smallest absolute Gasteiger partial charge is 0.230 e. The number of nitrogens with zero attached hydrogens (tertiary/aromatic N) is 4. The van der Waals surface area contributed by atoms with Gasteiger partial charge in [0.25, 0.3) is 0 Å². The molecule has 2 aromatic rings. The van der Waals surface area contributed by atoms with Crippen LogP contribution in [0.2, 0.25) is 5.15 Å². The molecule has 1 unspecified atom stereocenters. The van der Waals surface area contributed by atoms with Crippen LogP contribution in [-0.2, 0) is 16.1 Å². The summed E-state index contributed by atoms with van der Waals surface area (Å²) in [5, 5.41) is 3.74. The number of nitrogens with one attached hydrogen (secondary N) is 1. The van der Waals surface area contributed by atoms with Crippen molar-refractivity contribution in [3.05, 3.63) is 47.1 Å². The Kier molecular flexibility index (Phi) is 8.67. The molecule has 2 heterocycles. The van der Waals surface area contributed by atoms with E-state index < -0.39 is 0 Å². The summed E-state index contributed by atoms with van der Waals surface area (Å²) in [6, 6.07) is 11.7. The molecule has 34 heavy (non-hydrogen) atoms. The van der Waals surface area contributed by atoms with E-state index in [9.17, 15) is 9.59 Å². The van der Waals surface area contributed by atoms with Crippen LogP contribution in [0.4, 0.5) is 5.82 Å². The molecule has 1 saturated heterocycles. The number of carbonyl (C=O) groups excluding carboxylic acids is 2. The van der Waals surface area contributed by atoms with Crippen molar-refractivity contribution in [1.82, 2.24) is 20.2 Å². The lowest BCUT2D eigenvalue weighted by molar-refractivity contribution is -0.139. The monoisotopic (exact) mass is 501 g/mol. The Morgan fingerprint density at radius 2 is 1.88 bits per heavy atom. The molecule has 9 heteroatoms. The topological polar surface area (TPSA) is 78.4 Å². The van der Waals surface area contributed by atoms with Crippen molar-refractivity contribution < 1.29 is 9.59 Å². The number of rotatable bonds is 7. The summed E-state index contributed by atoms with van der Waals surface area (Å²) in [5.41, 5.74) is 1.05. The van der Waals surface area contributed by atoms with Crippen molar-refractivity contribution in [2.75, 3.05) is 30.3 Å². The normalized spacial score (nSPS) is 19.2. The van der Waals surface area contributed by atoms with Gasteiger partial charge in [0.15, 0.2) is 5.16 Å². The molecule has 1 saturated carbocycles. The number of thioether (sulfide) groups is 1. The average molecular weight is 502 g/mol. The Morgan fingerprint density at radius 3 is 2.62 bits per heavy atom. The van der Waals surface area contributed by atoms with Gasteiger partial charge in [-0.1, -0.05) is 73.0 Å². The second-order valence-corrected chi connectivity index (χ2v) is 10.4. The van der Waals surface area contributed by atoms with Gasteiger partial charge in [-0.3, -0.25) is 9.59 Å². The molecule has 1 aliphatic carbocycles. The molecule has 2 fully saturated rings. The van der Waals surface area contributed by atoms with Gasteiger partial charge in [0.2, 0.25) is 11.8 Å². The lowest BCUT2D eigenvalue weighted by Crippen LogP contribution is -2.55. The van der Waals surface area contributed by atoms with Crippen LogP contribution in [0.1, 0.15) is 44.6 Å². The van der Waals surface area contributed by atoms with Gasteiger partial charge in [-0.25, -0.2) is 9.97 Å². The minimum absolute atomic E-state index is 0.0811. The third-order valence-corrected chi connectivity index (χ3v) is 7.56. The maximum atomic E-state index is 13.0. The molecule has 1 aliphatic heterocycles. The summed E-state index contributed by atoms with van der Waals surface area (Å²) < 4.78 is 0. The first kappa shape index (κ1) is 24.8. The van der Waals surface area contributed by atoms with E-state index in [2.05, 4.69) is 27.1 Å². The Bertz CT molecular complexity index is 987. The van der Waals surface area contributed by atoms with Gasteiger partial charge < -0.3 is 15.1 Å². The quantitative estimate of drug-likeness (QED) is 0.349. The highest BCUT2D eigenvalue weighted by Gasteiger charge is 2.33. The molecular formula is C25H32ClN5O2S. The Balaban J connectivity index is 1.31. The Morgan fingerprint density at radius 1 is 1.12 bits per heavy atom. The molecule has 1 aromatic heterocycles. The summed E-state index contributed by atoms with van der Waals surface area (Å²) in [7, 11) is 0. The van der Waals surface area contributed by atoms with Crippen molar-refractivity contribution in [3.63, 3.8) is 0 Å². The number of carbonyl (C=O) groups is 2. The molecule has 0 radical (unpaired) electrons. The van der Waals surface area contributed by atoms with Crippen molar-refractivity contribution in [2.24, 2.45) is 5.92 Å². The van der Waals surface area contributed by atoms with E-state index in [1.165, 1.54) is 18.2 Å². The van der Waals surface area contributed by atoms with Crippen LogP contribution in [0.15, 0.2) is 41.6 Å². The zero-order valence-corrected chi connectivity index (χ0v) is 21.2. The number of piperazine rings is 1. The van der Waals surface area contributed by atoms with E-state index in [4.69, 9.17) is 11.6 Å². The lowest BCUT2D eigenvalue weighted by atomic mass is 9.88. The molecular weight excluding hydrogens is 470 g/mol. The first-order valence-electron chi connectivity index (χ1n) is 12.0. The molecule has 1 N–H and O–H groups in total. The fraction of sp³-hybridized carbons (Fsp3) is 0.520. The van der Waals surface area contributed by atoms with E-state index in [0.717, 1.165) is 37.1 Å². The summed E-state index contributed by atoms with van der Waals surface area (Å²) >= 11 is 7.56. The van der Waals surface area contributed by atoms with E-state index in [1.54, 1.807) is 6.07 Å². The maximum Gasteiger partial charge on any atom is 0.230 e. The summed E-state index contributed by atoms with van der Waals surface area (Å²) in [5.74, 6) is 1.37. The van der Waals surface area contributed by atoms with E-state index in [1.807, 2.05) is 35.2 Å². The fourth-order valence-corrected chi connectivity index (χ4v) is 5.58. The Labute approximate surface area is 210 Å². The SMILES string of the molecule is CC1CN(c2cc(Cl)nc(SCC(=O)NCc3ccccc3)n2)CCN1C(=O)C1CCCCC1. The van der Waals surface area contributed by atoms with E-state index in [-0.39, 0.29) is 23.6 Å². The van der Waals surface area contributed by atoms with Gasteiger partial charge in [0.1, 0.15) is 11.0 Å². The number of aromatic nitrogens is 2. The van der Waals surface area contributed by atoms with Crippen LogP contribution in [0.3, 0.4) is 0 Å². The first-order valence-corrected chi connectivity index (χ1v) is 13.4. The van der Waals surface area contributed by atoms with Gasteiger partial charge in [-0.2, -0.15) is 0 Å². The van der Waals surface area contributed by atoms with Crippen molar-refractivity contribution in [3.8, 4) is 0 Å². The van der Waals surface area contributed by atoms with Crippen molar-refractivity contribution in [1.29, 1.82) is 0 Å². The predicted octanol–water partition coefficient (Wildman–Crippen LogP) is 4.16. The molecule has 4 rings (SSSR count). The van der Waals surface area contributed by atoms with Crippen molar-refractivity contribution >= 4 is 41.0 Å². The number of benzene rings is 1. The predicted molar refractivity (Wildman–Crippen MR) is 136 cm³/mol. The molecule has 1 atom stereocenters. The van der Waals surface area contributed by atoms with Crippen LogP contribution in [0.5, 0.6) is 0 Å². The summed E-state index contributed by atoms with van der Waals surface area (Å²) in [6.07, 6.45) is 5.61. The highest BCUT2D eigenvalue weighted by Crippen LogP contribution is 2.28. The highest BCUT2D eigenvalue weighted by atomic mass is 35.5. The standard InChI is InChI=1S/C25H32ClN5O2S/c1-18-16-30(12-13-31(18)24(33)20-10-6-3-7-11-20)22-14-21(26)28-25(29-22)34-17-23(32)27-15-19-8-4-2-5-9-19/h2,4-5,8-9,14,18,20H,3,6-7,10-13,15-17H2,1H3,(H,27,32). The zero-order valence-electron chi connectivity index (χ0n) is 19.6. The van der Waals surface area contributed by atoms with Gasteiger partial charge in [0.05, 0.1) is 5.75 Å². The van der Waals surface area contributed by atoms with Gasteiger partial charge in [0, 0.05) is 44.2 Å². The number of hydrogen-bond donors (Lipinski definition) is 1. The lowest BCUT2D eigenvalue weighted by Gasteiger charge is -2.42. The third kappa shape index (κ3) is 6.63. The molecule has 0 bridgehead atoms. The largest absolute Gasteiger partial charge is 0.353 e. The zero-order chi connectivity index (χ0) is 23.9. The van der Waals surface area contributed by atoms with Gasteiger partial charge in [-0.05, 0) is 25.3 Å². The second-order valence-electron chi connectivity index (χ2n) is 9.04. The number of amides is 2. The van der Waals surface area contributed by atoms with Crippen LogP contribution in [0, 0.1) is 5.92 Å². The van der Waals surface area contributed by atoms with Crippen LogP contribution in [-0.4, -0.2) is 58.1 Å². The number of hydrogen-bond acceptors (Lipinski definition) is 6. The molecule has 0 spiro atoms. The molecule has 7 nitrogen and oxygen atoms in total. The Hall–Kier alpha value is -2.32. The minimum atomic E-state index is -0.0811. The maximum absolute atomic E-state index is 13.0. The average Bonchev–Trinajstić information content (AvgIpc) is 2.86. The van der Waals surface area contributed by atoms with Gasteiger partial charge in [-0.15, -0.1) is 0 Å². The van der Waals surface area contributed by atoms with Crippen LogP contribution < -0.4 is 10.2 Å². The van der Waals surface area contributed by atoms with Gasteiger partial charge >= 0.3 is 0 Å². The number of anilines is 1. The molecule has 182 valence electrons. The minimum Gasteiger partial charge on any atom is -0.353 e.